The van der Waals surface area contributed by atoms with Gasteiger partial charge in [-0.25, -0.2) is 4.98 Å². The molecule has 0 bridgehead atoms. The molecule has 1 saturated heterocycles. The van der Waals surface area contributed by atoms with E-state index in [-0.39, 0.29) is 0 Å². The van der Waals surface area contributed by atoms with Crippen molar-refractivity contribution in [2.45, 2.75) is 31.4 Å². The van der Waals surface area contributed by atoms with Crippen LogP contribution in [0.1, 0.15) is 24.5 Å². The first-order valence-electron chi connectivity index (χ1n) is 8.72. The summed E-state index contributed by atoms with van der Waals surface area (Å²) in [5, 5.41) is 19.1. The van der Waals surface area contributed by atoms with Crippen LogP contribution >= 0.6 is 0 Å². The molecule has 25 heavy (non-hydrogen) atoms. The zero-order chi connectivity index (χ0) is 17.4. The van der Waals surface area contributed by atoms with Gasteiger partial charge in [0.25, 0.3) is 0 Å². The van der Waals surface area contributed by atoms with E-state index in [9.17, 15) is 5.11 Å². The van der Waals surface area contributed by atoms with Crippen LogP contribution in [0.5, 0.6) is 0 Å². The van der Waals surface area contributed by atoms with Gasteiger partial charge in [0.15, 0.2) is 0 Å². The summed E-state index contributed by atoms with van der Waals surface area (Å²) < 4.78 is 4.02. The van der Waals surface area contributed by atoms with Crippen LogP contribution in [0.15, 0.2) is 30.6 Å². The molecule has 7 nitrogen and oxygen atoms in total. The zero-order valence-electron chi connectivity index (χ0n) is 14.8. The molecule has 2 aromatic heterocycles. The highest BCUT2D eigenvalue weighted by atomic mass is 16.3. The van der Waals surface area contributed by atoms with E-state index >= 15 is 0 Å². The van der Waals surface area contributed by atoms with Crippen LogP contribution in [0, 0.1) is 0 Å². The molecule has 1 N–H and O–H groups in total. The third kappa shape index (κ3) is 3.17. The Morgan fingerprint density at radius 3 is 2.80 bits per heavy atom. The van der Waals surface area contributed by atoms with Crippen molar-refractivity contribution < 1.29 is 5.11 Å². The molecule has 1 fully saturated rings. The van der Waals surface area contributed by atoms with Gasteiger partial charge in [-0.05, 0) is 31.5 Å². The fraction of sp³-hybridized carbons (Fsp3) is 0.500. The van der Waals surface area contributed by atoms with Crippen LogP contribution in [0.3, 0.4) is 0 Å². The van der Waals surface area contributed by atoms with E-state index in [2.05, 4.69) is 32.8 Å². The lowest BCUT2D eigenvalue weighted by Gasteiger charge is -2.38. The fourth-order valence-electron chi connectivity index (χ4n) is 3.78. The van der Waals surface area contributed by atoms with Gasteiger partial charge >= 0.3 is 0 Å². The second-order valence-corrected chi connectivity index (χ2v) is 7.15. The van der Waals surface area contributed by atoms with Gasteiger partial charge in [0.05, 0.1) is 23.2 Å². The second-order valence-electron chi connectivity index (χ2n) is 7.15. The maximum absolute atomic E-state index is 11.1. The van der Waals surface area contributed by atoms with E-state index in [1.165, 1.54) is 0 Å². The number of aryl methyl sites for hydroxylation is 2. The molecule has 1 aliphatic heterocycles. The number of likely N-dealkylation sites (tertiary alicyclic amines) is 1. The molecule has 0 radical (unpaired) electrons. The number of benzene rings is 1. The van der Waals surface area contributed by atoms with Gasteiger partial charge < -0.3 is 14.2 Å². The lowest BCUT2D eigenvalue weighted by atomic mass is 9.89. The van der Waals surface area contributed by atoms with E-state index in [4.69, 9.17) is 4.98 Å². The molecule has 7 heteroatoms. The highest BCUT2D eigenvalue weighted by molar-refractivity contribution is 5.75. The van der Waals surface area contributed by atoms with Crippen LogP contribution in [0.25, 0.3) is 11.0 Å². The summed E-state index contributed by atoms with van der Waals surface area (Å²) in [5.41, 5.74) is 1.40. The smallest absolute Gasteiger partial charge is 0.135 e. The van der Waals surface area contributed by atoms with Crippen molar-refractivity contribution in [2.75, 3.05) is 13.1 Å². The van der Waals surface area contributed by atoms with Crippen LogP contribution < -0.4 is 0 Å². The Balaban J connectivity index is 1.51. The summed E-state index contributed by atoms with van der Waals surface area (Å²) in [5.74, 6) is 1.86. The number of aromatic nitrogens is 5. The van der Waals surface area contributed by atoms with Crippen LogP contribution in [-0.4, -0.2) is 53.0 Å². The van der Waals surface area contributed by atoms with Crippen molar-refractivity contribution in [2.24, 2.45) is 14.1 Å². The van der Waals surface area contributed by atoms with Crippen molar-refractivity contribution in [3.05, 3.63) is 42.2 Å². The Hall–Kier alpha value is -2.25. The van der Waals surface area contributed by atoms with Crippen molar-refractivity contribution in [1.82, 2.24) is 29.2 Å². The minimum Gasteiger partial charge on any atom is -0.388 e. The molecule has 1 unspecified atom stereocenters. The molecule has 132 valence electrons. The maximum atomic E-state index is 11.1. The highest BCUT2D eigenvalue weighted by Gasteiger charge is 2.35. The molecule has 3 aromatic rings. The Bertz CT molecular complexity index is 885. The third-order valence-corrected chi connectivity index (χ3v) is 5.17. The van der Waals surface area contributed by atoms with Gasteiger partial charge in [0.1, 0.15) is 18.0 Å². The van der Waals surface area contributed by atoms with Gasteiger partial charge in [-0.1, -0.05) is 12.1 Å². The monoisotopic (exact) mass is 340 g/mol. The number of β-amino-alcohol motifs (C(OH)–C–C–N with tert-alkyl or cyclic N) is 1. The topological polar surface area (TPSA) is 72.0 Å². The Morgan fingerprint density at radius 1 is 1.20 bits per heavy atom. The molecule has 3 heterocycles. The van der Waals surface area contributed by atoms with E-state index in [1.54, 1.807) is 6.33 Å². The number of hydrogen-bond donors (Lipinski definition) is 1. The van der Waals surface area contributed by atoms with Crippen LogP contribution in [0.4, 0.5) is 0 Å². The summed E-state index contributed by atoms with van der Waals surface area (Å²) >= 11 is 0. The van der Waals surface area contributed by atoms with Crippen molar-refractivity contribution in [3.8, 4) is 0 Å². The van der Waals surface area contributed by atoms with E-state index in [0.29, 0.717) is 13.0 Å². The lowest BCUT2D eigenvalue weighted by molar-refractivity contribution is -0.0352. The predicted octanol–water partition coefficient (Wildman–Crippen LogP) is 1.27. The predicted molar refractivity (Wildman–Crippen MR) is 94.9 cm³/mol. The first kappa shape index (κ1) is 16.2. The number of aliphatic hydroxyl groups is 1. The summed E-state index contributed by atoms with van der Waals surface area (Å²) in [7, 11) is 3.97. The standard InChI is InChI=1S/C18H24N6O/c1-22-13-19-21-16(22)10-18(25)8-5-9-24(12-18)11-17-20-14-6-3-4-7-15(14)23(17)2/h3-4,6-7,13,25H,5,8-12H2,1-2H3. The average molecular weight is 340 g/mol. The molecular weight excluding hydrogens is 316 g/mol. The number of rotatable bonds is 4. The molecule has 1 aromatic carbocycles. The van der Waals surface area contributed by atoms with E-state index in [0.717, 1.165) is 48.6 Å². The number of fused-ring (bicyclic) bond motifs is 1. The minimum absolute atomic E-state index is 0.530. The van der Waals surface area contributed by atoms with Gasteiger partial charge in [-0.3, -0.25) is 4.90 Å². The summed E-state index contributed by atoms with van der Waals surface area (Å²) in [4.78, 5) is 7.05. The molecule has 0 spiro atoms. The first-order chi connectivity index (χ1) is 12.0. The largest absolute Gasteiger partial charge is 0.388 e. The molecule has 4 rings (SSSR count). The SMILES string of the molecule is Cn1cnnc1CC1(O)CCCN(Cc2nc3ccccc3n2C)C1. The average Bonchev–Trinajstić information content (AvgIpc) is 3.12. The number of imidazole rings is 1. The van der Waals surface area contributed by atoms with Crippen molar-refractivity contribution >= 4 is 11.0 Å². The van der Waals surface area contributed by atoms with Crippen LogP contribution in [0.2, 0.25) is 0 Å². The Morgan fingerprint density at radius 2 is 2.04 bits per heavy atom. The van der Waals surface area contributed by atoms with Crippen molar-refractivity contribution in [3.63, 3.8) is 0 Å². The minimum atomic E-state index is -0.760. The van der Waals surface area contributed by atoms with Gasteiger partial charge in [0, 0.05) is 27.1 Å². The number of hydrogen-bond acceptors (Lipinski definition) is 5. The molecule has 0 saturated carbocycles. The summed E-state index contributed by atoms with van der Waals surface area (Å²) in [6.07, 6.45) is 3.97. The lowest BCUT2D eigenvalue weighted by Crippen LogP contribution is -2.49. The van der Waals surface area contributed by atoms with Gasteiger partial charge in [-0.2, -0.15) is 0 Å². The molecule has 0 aliphatic carbocycles. The molecule has 1 aliphatic rings. The number of para-hydroxylation sites is 2. The Labute approximate surface area is 146 Å². The molecule has 1 atom stereocenters. The van der Waals surface area contributed by atoms with Crippen molar-refractivity contribution in [1.29, 1.82) is 0 Å². The van der Waals surface area contributed by atoms with E-state index in [1.807, 2.05) is 29.8 Å². The second kappa shape index (κ2) is 6.24. The quantitative estimate of drug-likeness (QED) is 0.774. The van der Waals surface area contributed by atoms with E-state index < -0.39 is 5.60 Å². The van der Waals surface area contributed by atoms with Gasteiger partial charge in [-0.15, -0.1) is 10.2 Å². The zero-order valence-corrected chi connectivity index (χ0v) is 14.8. The van der Waals surface area contributed by atoms with Gasteiger partial charge in [0.2, 0.25) is 0 Å². The number of piperidine rings is 1. The molecule has 0 amide bonds. The highest BCUT2D eigenvalue weighted by Crippen LogP contribution is 2.26. The first-order valence-corrected chi connectivity index (χ1v) is 8.72. The normalized spacial score (nSPS) is 21.9. The van der Waals surface area contributed by atoms with Crippen LogP contribution in [-0.2, 0) is 27.1 Å². The summed E-state index contributed by atoms with van der Waals surface area (Å²) in [6, 6.07) is 8.18. The molecular formula is C18H24N6O. The third-order valence-electron chi connectivity index (χ3n) is 5.17. The number of nitrogens with zero attached hydrogens (tertiary/aromatic N) is 6. The Kier molecular flexibility index (Phi) is 4.05. The summed E-state index contributed by atoms with van der Waals surface area (Å²) in [6.45, 7) is 2.35. The fourth-order valence-corrected chi connectivity index (χ4v) is 3.78. The maximum Gasteiger partial charge on any atom is 0.135 e.